The van der Waals surface area contributed by atoms with Crippen molar-refractivity contribution in [1.29, 1.82) is 0 Å². The molecule has 0 atom stereocenters. The molecular formula is C11H18N4. The number of H-pyrrole nitrogens is 1. The van der Waals surface area contributed by atoms with E-state index in [9.17, 15) is 0 Å². The van der Waals surface area contributed by atoms with Crippen LogP contribution in [0.25, 0.3) is 0 Å². The predicted octanol–water partition coefficient (Wildman–Crippen LogP) is 2.54. The smallest absolute Gasteiger partial charge is 0.153 e. The molecule has 1 aromatic heterocycles. The van der Waals surface area contributed by atoms with Gasteiger partial charge in [-0.25, -0.2) is 0 Å². The fourth-order valence-electron chi connectivity index (χ4n) is 0.812. The number of hydrogen-bond acceptors (Lipinski definition) is 2. The lowest BCUT2D eigenvalue weighted by molar-refractivity contribution is 1.05. The van der Waals surface area contributed by atoms with Crippen LogP contribution in [0.3, 0.4) is 0 Å². The summed E-state index contributed by atoms with van der Waals surface area (Å²) in [6, 6.07) is 1.90. The molecule has 4 nitrogen and oxygen atoms in total. The van der Waals surface area contributed by atoms with Crippen LogP contribution in [-0.2, 0) is 0 Å². The van der Waals surface area contributed by atoms with Crippen molar-refractivity contribution in [3.05, 3.63) is 37.1 Å². The van der Waals surface area contributed by atoms with E-state index in [1.165, 1.54) is 0 Å². The molecule has 0 radical (unpaired) electrons. The third kappa shape index (κ3) is 5.46. The van der Waals surface area contributed by atoms with Crippen molar-refractivity contribution in [2.75, 3.05) is 12.4 Å². The van der Waals surface area contributed by atoms with Crippen LogP contribution in [0, 0.1) is 6.92 Å². The molecule has 0 fully saturated rings. The second-order valence-corrected chi connectivity index (χ2v) is 2.78. The Morgan fingerprint density at radius 2 is 2.20 bits per heavy atom. The minimum absolute atomic E-state index is 0.710. The van der Waals surface area contributed by atoms with E-state index in [4.69, 9.17) is 0 Å². The van der Waals surface area contributed by atoms with Crippen molar-refractivity contribution in [2.45, 2.75) is 13.8 Å². The molecule has 0 aliphatic carbocycles. The quantitative estimate of drug-likeness (QED) is 0.444. The van der Waals surface area contributed by atoms with Crippen LogP contribution < -0.4 is 5.32 Å². The normalized spacial score (nSPS) is 9.93. The number of aliphatic imine (C=N–C) groups is 1. The van der Waals surface area contributed by atoms with Crippen molar-refractivity contribution in [2.24, 2.45) is 4.99 Å². The maximum Gasteiger partial charge on any atom is 0.153 e. The van der Waals surface area contributed by atoms with Crippen LogP contribution in [0.15, 0.2) is 36.4 Å². The van der Waals surface area contributed by atoms with E-state index in [1.807, 2.05) is 19.9 Å². The third-order valence-corrected chi connectivity index (χ3v) is 1.40. The van der Waals surface area contributed by atoms with Gasteiger partial charge in [0.05, 0.1) is 0 Å². The number of aromatic amines is 1. The van der Waals surface area contributed by atoms with E-state index in [0.717, 1.165) is 11.5 Å². The monoisotopic (exact) mass is 206 g/mol. The minimum atomic E-state index is 0.710. The highest BCUT2D eigenvalue weighted by Gasteiger charge is 1.97. The van der Waals surface area contributed by atoms with E-state index in [1.54, 1.807) is 19.2 Å². The van der Waals surface area contributed by atoms with E-state index < -0.39 is 0 Å². The Hall–Kier alpha value is -1.84. The van der Waals surface area contributed by atoms with Crippen LogP contribution in [-0.4, -0.2) is 23.1 Å². The summed E-state index contributed by atoms with van der Waals surface area (Å²) in [5.41, 5.74) is 1.01. The lowest BCUT2D eigenvalue weighted by Crippen LogP contribution is -2.08. The molecule has 0 aliphatic heterocycles. The van der Waals surface area contributed by atoms with Crippen LogP contribution in [0.4, 0.5) is 5.82 Å². The van der Waals surface area contributed by atoms with Gasteiger partial charge < -0.3 is 5.32 Å². The van der Waals surface area contributed by atoms with Crippen LogP contribution in [0.5, 0.6) is 0 Å². The van der Waals surface area contributed by atoms with Crippen molar-refractivity contribution in [3.63, 3.8) is 0 Å². The highest BCUT2D eigenvalue weighted by molar-refractivity contribution is 6.02. The molecule has 2 N–H and O–H groups in total. The number of amidine groups is 1. The molecular weight excluding hydrogens is 188 g/mol. The Balaban J connectivity index is 0.000000583. The molecule has 1 heterocycles. The number of nitrogens with zero attached hydrogens (tertiary/aromatic N) is 2. The summed E-state index contributed by atoms with van der Waals surface area (Å²) >= 11 is 0. The number of nitrogens with one attached hydrogen (secondary N) is 2. The minimum Gasteiger partial charge on any atom is -0.324 e. The van der Waals surface area contributed by atoms with Gasteiger partial charge in [0.25, 0.3) is 0 Å². The zero-order valence-electron chi connectivity index (χ0n) is 9.54. The fourth-order valence-corrected chi connectivity index (χ4v) is 0.812. The summed E-state index contributed by atoms with van der Waals surface area (Å²) in [5, 5.41) is 9.80. The Labute approximate surface area is 90.8 Å². The van der Waals surface area contributed by atoms with Crippen LogP contribution in [0.2, 0.25) is 0 Å². The number of rotatable bonds is 2. The second kappa shape index (κ2) is 7.55. The summed E-state index contributed by atoms with van der Waals surface area (Å²) in [4.78, 5) is 3.94. The number of aryl methyl sites for hydroxylation is 1. The summed E-state index contributed by atoms with van der Waals surface area (Å²) in [5.74, 6) is 1.47. The Bertz CT molecular complexity index is 336. The molecule has 82 valence electrons. The SMILES string of the molecule is C=CC.C=CC(=NC)Nc1cc(C)[nH]n1. The van der Waals surface area contributed by atoms with E-state index in [-0.39, 0.29) is 0 Å². The first kappa shape index (κ1) is 13.2. The lowest BCUT2D eigenvalue weighted by Gasteiger charge is -1.98. The number of allylic oxidation sites excluding steroid dienone is 1. The predicted molar refractivity (Wildman–Crippen MR) is 66.4 cm³/mol. The summed E-state index contributed by atoms with van der Waals surface area (Å²) in [6.45, 7) is 10.8. The molecule has 0 saturated carbocycles. The van der Waals surface area contributed by atoms with Gasteiger partial charge in [-0.05, 0) is 19.9 Å². The standard InChI is InChI=1S/C8H12N4.C3H6/c1-4-7(9-3)10-8-5-6(2)11-12-8;1-3-2/h4-5H,1H2,2-3H3,(H2,9,10,11,12);3H,1H2,2H3. The molecule has 0 unspecified atom stereocenters. The average molecular weight is 206 g/mol. The zero-order valence-corrected chi connectivity index (χ0v) is 9.54. The lowest BCUT2D eigenvalue weighted by atomic mass is 10.4. The highest BCUT2D eigenvalue weighted by atomic mass is 15.2. The molecule has 1 rings (SSSR count). The summed E-state index contributed by atoms with van der Waals surface area (Å²) in [7, 11) is 1.70. The van der Waals surface area contributed by atoms with Crippen molar-refractivity contribution in [1.82, 2.24) is 10.2 Å². The Morgan fingerprint density at radius 3 is 2.53 bits per heavy atom. The van der Waals surface area contributed by atoms with E-state index in [0.29, 0.717) is 5.84 Å². The molecule has 0 spiro atoms. The summed E-state index contributed by atoms with van der Waals surface area (Å²) in [6.07, 6.45) is 3.39. The number of hydrogen-bond donors (Lipinski definition) is 2. The van der Waals surface area contributed by atoms with Crippen LogP contribution >= 0.6 is 0 Å². The second-order valence-electron chi connectivity index (χ2n) is 2.78. The first-order chi connectivity index (χ1) is 7.17. The van der Waals surface area contributed by atoms with E-state index in [2.05, 4.69) is 33.7 Å². The van der Waals surface area contributed by atoms with Crippen LogP contribution in [0.1, 0.15) is 12.6 Å². The molecule has 0 aromatic carbocycles. The van der Waals surface area contributed by atoms with Gasteiger partial charge >= 0.3 is 0 Å². The van der Waals surface area contributed by atoms with Gasteiger partial charge in [-0.1, -0.05) is 12.7 Å². The molecule has 0 saturated heterocycles. The van der Waals surface area contributed by atoms with Gasteiger partial charge in [0.15, 0.2) is 5.82 Å². The van der Waals surface area contributed by atoms with Gasteiger partial charge in [-0.3, -0.25) is 10.1 Å². The Kier molecular flexibility index (Phi) is 6.63. The number of anilines is 1. The fraction of sp³-hybridized carbons (Fsp3) is 0.273. The molecule has 15 heavy (non-hydrogen) atoms. The van der Waals surface area contributed by atoms with Gasteiger partial charge in [0.2, 0.25) is 0 Å². The van der Waals surface area contributed by atoms with Gasteiger partial charge in [-0.2, -0.15) is 5.10 Å². The van der Waals surface area contributed by atoms with Gasteiger partial charge in [-0.15, -0.1) is 6.58 Å². The molecule has 0 amide bonds. The third-order valence-electron chi connectivity index (χ3n) is 1.40. The first-order valence-electron chi connectivity index (χ1n) is 4.63. The molecule has 0 bridgehead atoms. The maximum atomic E-state index is 3.99. The molecule has 1 aromatic rings. The van der Waals surface area contributed by atoms with Gasteiger partial charge in [0.1, 0.15) is 5.84 Å². The number of aromatic nitrogens is 2. The molecule has 0 aliphatic rings. The Morgan fingerprint density at radius 1 is 1.60 bits per heavy atom. The summed E-state index contributed by atoms with van der Waals surface area (Å²) < 4.78 is 0. The van der Waals surface area contributed by atoms with Crippen molar-refractivity contribution >= 4 is 11.7 Å². The molecule has 4 heteroatoms. The van der Waals surface area contributed by atoms with Crippen molar-refractivity contribution in [3.8, 4) is 0 Å². The van der Waals surface area contributed by atoms with Gasteiger partial charge in [0, 0.05) is 18.8 Å². The first-order valence-corrected chi connectivity index (χ1v) is 4.63. The maximum absolute atomic E-state index is 3.99. The zero-order chi connectivity index (χ0) is 11.7. The average Bonchev–Trinajstić information content (AvgIpc) is 2.62. The highest BCUT2D eigenvalue weighted by Crippen LogP contribution is 2.03. The van der Waals surface area contributed by atoms with Crippen molar-refractivity contribution < 1.29 is 0 Å². The van der Waals surface area contributed by atoms with E-state index >= 15 is 0 Å². The largest absolute Gasteiger partial charge is 0.324 e. The topological polar surface area (TPSA) is 53.1 Å².